The Hall–Kier alpha value is -0.900. The van der Waals surface area contributed by atoms with Crippen LogP contribution in [0.1, 0.15) is 15.9 Å². The van der Waals surface area contributed by atoms with Gasteiger partial charge in [0.1, 0.15) is 0 Å². The zero-order valence-corrected chi connectivity index (χ0v) is 8.34. The van der Waals surface area contributed by atoms with Crippen LogP contribution < -0.4 is 5.73 Å². The summed E-state index contributed by atoms with van der Waals surface area (Å²) in [7, 11) is 0. The van der Waals surface area contributed by atoms with Crippen LogP contribution in [0.5, 0.6) is 0 Å². The molecular formula is C9H8BrFNO. The number of rotatable bonds is 3. The van der Waals surface area contributed by atoms with Gasteiger partial charge in [0.2, 0.25) is 5.91 Å². The average molecular weight is 245 g/mol. The summed E-state index contributed by atoms with van der Waals surface area (Å²) >= 11 is 3.17. The van der Waals surface area contributed by atoms with E-state index in [1.54, 1.807) is 18.2 Å². The van der Waals surface area contributed by atoms with E-state index in [-0.39, 0.29) is 0 Å². The minimum Gasteiger partial charge on any atom is -0.366 e. The van der Waals surface area contributed by atoms with Crippen molar-refractivity contribution in [2.75, 3.05) is 6.67 Å². The van der Waals surface area contributed by atoms with Gasteiger partial charge in [-0.15, -0.1) is 0 Å². The van der Waals surface area contributed by atoms with Crippen molar-refractivity contribution in [3.05, 3.63) is 40.2 Å². The lowest BCUT2D eigenvalue weighted by molar-refractivity contribution is 0.0999. The molecule has 0 spiro atoms. The van der Waals surface area contributed by atoms with Crippen LogP contribution in [-0.4, -0.2) is 12.6 Å². The maximum absolute atomic E-state index is 12.0. The Morgan fingerprint density at radius 1 is 1.62 bits per heavy atom. The highest BCUT2D eigenvalue weighted by atomic mass is 79.9. The number of benzene rings is 1. The van der Waals surface area contributed by atoms with Crippen molar-refractivity contribution in [3.63, 3.8) is 0 Å². The molecule has 2 N–H and O–H groups in total. The molecule has 2 nitrogen and oxygen atoms in total. The Morgan fingerprint density at radius 2 is 2.31 bits per heavy atom. The van der Waals surface area contributed by atoms with Crippen LogP contribution >= 0.6 is 15.9 Å². The molecule has 0 fully saturated rings. The van der Waals surface area contributed by atoms with Crippen LogP contribution in [0.4, 0.5) is 4.39 Å². The zero-order chi connectivity index (χ0) is 9.84. The van der Waals surface area contributed by atoms with Crippen LogP contribution in [0, 0.1) is 6.42 Å². The normalized spacial score (nSPS) is 10.0. The van der Waals surface area contributed by atoms with Gasteiger partial charge < -0.3 is 5.73 Å². The highest BCUT2D eigenvalue weighted by Crippen LogP contribution is 2.21. The second kappa shape index (κ2) is 4.37. The molecule has 0 bridgehead atoms. The molecule has 0 saturated heterocycles. The van der Waals surface area contributed by atoms with E-state index in [1.165, 1.54) is 6.42 Å². The van der Waals surface area contributed by atoms with E-state index in [0.717, 1.165) is 0 Å². The Labute approximate surface area is 84.1 Å². The maximum Gasteiger partial charge on any atom is 0.250 e. The van der Waals surface area contributed by atoms with Gasteiger partial charge in [0, 0.05) is 10.9 Å². The summed E-state index contributed by atoms with van der Waals surface area (Å²) in [6.45, 7) is -0.614. The third kappa shape index (κ3) is 2.28. The molecule has 0 heterocycles. The van der Waals surface area contributed by atoms with Gasteiger partial charge in [0.15, 0.2) is 0 Å². The summed E-state index contributed by atoms with van der Waals surface area (Å²) in [6.07, 6.45) is 1.31. The van der Waals surface area contributed by atoms with Crippen molar-refractivity contribution < 1.29 is 9.18 Å². The monoisotopic (exact) mass is 244 g/mol. The first-order valence-corrected chi connectivity index (χ1v) is 4.43. The smallest absolute Gasteiger partial charge is 0.250 e. The number of hydrogen-bond acceptors (Lipinski definition) is 1. The number of carbonyl (C=O) groups is 1. The molecule has 1 amide bonds. The first-order valence-electron chi connectivity index (χ1n) is 3.64. The third-order valence-electron chi connectivity index (χ3n) is 1.59. The largest absolute Gasteiger partial charge is 0.366 e. The molecule has 69 valence electrons. The van der Waals surface area contributed by atoms with Crippen LogP contribution in [0.3, 0.4) is 0 Å². The lowest BCUT2D eigenvalue weighted by atomic mass is 10.1. The minimum atomic E-state index is -0.614. The van der Waals surface area contributed by atoms with E-state index in [4.69, 9.17) is 5.73 Å². The summed E-state index contributed by atoms with van der Waals surface area (Å²) in [4.78, 5) is 11.0. The zero-order valence-electron chi connectivity index (χ0n) is 6.76. The summed E-state index contributed by atoms with van der Waals surface area (Å²) in [6, 6.07) is 5.05. The maximum atomic E-state index is 12.0. The molecule has 0 unspecified atom stereocenters. The van der Waals surface area contributed by atoms with Crippen molar-refractivity contribution in [1.29, 1.82) is 0 Å². The number of nitrogens with two attached hydrogens (primary N) is 1. The molecule has 0 saturated carbocycles. The lowest BCUT2D eigenvalue weighted by Crippen LogP contribution is -2.14. The third-order valence-corrected chi connectivity index (χ3v) is 2.25. The lowest BCUT2D eigenvalue weighted by Gasteiger charge is -2.05. The van der Waals surface area contributed by atoms with Crippen molar-refractivity contribution >= 4 is 21.8 Å². The average Bonchev–Trinajstić information content (AvgIpc) is 2.04. The predicted molar refractivity (Wildman–Crippen MR) is 52.0 cm³/mol. The number of halogens is 2. The SMILES string of the molecule is NC(=O)c1c(Br)cccc1[CH]CF. The highest BCUT2D eigenvalue weighted by Gasteiger charge is 2.11. The molecule has 1 radical (unpaired) electrons. The standard InChI is InChI=1S/C9H8BrFNO/c10-7-3-1-2-6(4-5-11)8(7)9(12)13/h1-4H,5H2,(H2,12,13). The quantitative estimate of drug-likeness (QED) is 0.870. The van der Waals surface area contributed by atoms with Crippen LogP contribution in [0.15, 0.2) is 22.7 Å². The Morgan fingerprint density at radius 3 is 2.85 bits per heavy atom. The minimum absolute atomic E-state index is 0.320. The van der Waals surface area contributed by atoms with E-state index < -0.39 is 12.6 Å². The first kappa shape index (κ1) is 10.2. The molecule has 1 aromatic rings. The predicted octanol–water partition coefficient (Wildman–Crippen LogP) is 2.07. The van der Waals surface area contributed by atoms with E-state index in [0.29, 0.717) is 15.6 Å². The highest BCUT2D eigenvalue weighted by molar-refractivity contribution is 9.10. The molecule has 0 aliphatic rings. The molecule has 0 aliphatic carbocycles. The molecule has 4 heteroatoms. The fraction of sp³-hybridized carbons (Fsp3) is 0.111. The molecule has 1 rings (SSSR count). The molecular weight excluding hydrogens is 237 g/mol. The fourth-order valence-corrected chi connectivity index (χ4v) is 1.63. The van der Waals surface area contributed by atoms with E-state index in [9.17, 15) is 9.18 Å². The summed E-state index contributed by atoms with van der Waals surface area (Å²) < 4.78 is 12.6. The Kier molecular flexibility index (Phi) is 3.42. The van der Waals surface area contributed by atoms with Gasteiger partial charge in [0.05, 0.1) is 12.2 Å². The van der Waals surface area contributed by atoms with Crippen molar-refractivity contribution in [2.24, 2.45) is 5.73 Å². The topological polar surface area (TPSA) is 43.1 Å². The van der Waals surface area contributed by atoms with Gasteiger partial charge in [0.25, 0.3) is 0 Å². The second-order valence-electron chi connectivity index (χ2n) is 2.43. The van der Waals surface area contributed by atoms with Crippen molar-refractivity contribution in [1.82, 2.24) is 0 Å². The van der Waals surface area contributed by atoms with Gasteiger partial charge in [-0.25, -0.2) is 0 Å². The molecule has 13 heavy (non-hydrogen) atoms. The van der Waals surface area contributed by atoms with E-state index in [2.05, 4.69) is 15.9 Å². The van der Waals surface area contributed by atoms with Crippen LogP contribution in [-0.2, 0) is 0 Å². The van der Waals surface area contributed by atoms with E-state index in [1.807, 2.05) is 0 Å². The summed E-state index contributed by atoms with van der Waals surface area (Å²) in [5.41, 5.74) is 5.97. The van der Waals surface area contributed by atoms with Crippen LogP contribution in [0.25, 0.3) is 0 Å². The fourth-order valence-electron chi connectivity index (χ4n) is 1.05. The summed E-state index contributed by atoms with van der Waals surface area (Å²) in [5, 5.41) is 0. The van der Waals surface area contributed by atoms with Gasteiger partial charge in [-0.3, -0.25) is 9.18 Å². The van der Waals surface area contributed by atoms with Gasteiger partial charge in [-0.2, -0.15) is 0 Å². The van der Waals surface area contributed by atoms with Gasteiger partial charge in [-0.05, 0) is 27.6 Å². The number of hydrogen-bond donors (Lipinski definition) is 1. The molecule has 0 atom stereocenters. The molecule has 0 aliphatic heterocycles. The van der Waals surface area contributed by atoms with E-state index >= 15 is 0 Å². The van der Waals surface area contributed by atoms with Crippen molar-refractivity contribution in [2.45, 2.75) is 0 Å². The Balaban J connectivity index is 3.17. The van der Waals surface area contributed by atoms with Gasteiger partial charge in [-0.1, -0.05) is 12.1 Å². The molecule has 1 aromatic carbocycles. The number of amides is 1. The Bertz CT molecular complexity index is 327. The summed E-state index contributed by atoms with van der Waals surface area (Å²) in [5.74, 6) is -0.563. The number of alkyl halides is 1. The van der Waals surface area contributed by atoms with Crippen molar-refractivity contribution in [3.8, 4) is 0 Å². The molecule has 0 aromatic heterocycles. The second-order valence-corrected chi connectivity index (χ2v) is 3.28. The number of primary amides is 1. The van der Waals surface area contributed by atoms with Gasteiger partial charge >= 0.3 is 0 Å². The first-order chi connectivity index (χ1) is 6.16. The number of carbonyl (C=O) groups excluding carboxylic acids is 1. The van der Waals surface area contributed by atoms with Crippen LogP contribution in [0.2, 0.25) is 0 Å².